The molecule has 3 N–H and O–H groups in total. The number of nitrogens with zero attached hydrogens (tertiary/aromatic N) is 4. The first kappa shape index (κ1) is 42.9. The fourth-order valence-corrected chi connectivity index (χ4v) is 7.32. The van der Waals surface area contributed by atoms with Crippen molar-refractivity contribution >= 4 is 46.9 Å². The van der Waals surface area contributed by atoms with Crippen molar-refractivity contribution in [1.82, 2.24) is 29.9 Å². The summed E-state index contributed by atoms with van der Waals surface area (Å²) >= 11 is 14.3. The highest BCUT2D eigenvalue weighted by Gasteiger charge is 2.26. The van der Waals surface area contributed by atoms with Gasteiger partial charge in [-0.3, -0.25) is 18.9 Å². The summed E-state index contributed by atoms with van der Waals surface area (Å²) in [6.45, 7) is 8.58. The summed E-state index contributed by atoms with van der Waals surface area (Å²) < 4.78 is 17.9. The van der Waals surface area contributed by atoms with Crippen molar-refractivity contribution in [2.45, 2.75) is 78.4 Å². The van der Waals surface area contributed by atoms with E-state index in [1.54, 1.807) is 65.1 Å². The highest BCUT2D eigenvalue weighted by molar-refractivity contribution is 6.39. The van der Waals surface area contributed by atoms with Gasteiger partial charge in [-0.2, -0.15) is 0 Å². The fourth-order valence-electron chi connectivity index (χ4n) is 6.66. The molecule has 3 aromatic heterocycles. The molecule has 3 amide bonds. The SMILES string of the molecule is COc1nc(-c2cccc(-c3cccc(-c4ccn5c(=O)c(C)c(CN(CC(C)O)C(=O)OC(C)(C)C)nc5c4)c3Cl)c2Cl)ccc1COC(=O)NC[C@@H]1CCC(=O)N1. The lowest BCUT2D eigenvalue weighted by Crippen LogP contribution is -2.40. The Morgan fingerprint density at radius 3 is 2.34 bits per heavy atom. The topological polar surface area (TPSA) is 174 Å². The molecular weight excluding hydrogens is 799 g/mol. The number of aliphatic hydroxyl groups is 1. The van der Waals surface area contributed by atoms with Crippen LogP contribution < -0.4 is 20.9 Å². The van der Waals surface area contributed by atoms with Crippen molar-refractivity contribution in [2.24, 2.45) is 0 Å². The Hall–Kier alpha value is -5.70. The van der Waals surface area contributed by atoms with Crippen LogP contribution in [0.25, 0.3) is 39.2 Å². The minimum absolute atomic E-state index is 0.0175. The Balaban J connectivity index is 1.26. The monoisotopic (exact) mass is 844 g/mol. The lowest BCUT2D eigenvalue weighted by atomic mass is 9.97. The quantitative estimate of drug-likeness (QED) is 0.115. The molecule has 16 heteroatoms. The molecule has 14 nitrogen and oxygen atoms in total. The number of rotatable bonds is 12. The summed E-state index contributed by atoms with van der Waals surface area (Å²) in [6, 6.07) is 18.0. The van der Waals surface area contributed by atoms with Gasteiger partial charge in [0.15, 0.2) is 0 Å². The van der Waals surface area contributed by atoms with Gasteiger partial charge >= 0.3 is 12.2 Å². The molecule has 1 unspecified atom stereocenters. The average molecular weight is 846 g/mol. The molecule has 1 aliphatic rings. The zero-order valence-electron chi connectivity index (χ0n) is 33.6. The van der Waals surface area contributed by atoms with Gasteiger partial charge < -0.3 is 30.0 Å². The van der Waals surface area contributed by atoms with Crippen molar-refractivity contribution in [3.05, 3.63) is 104 Å². The maximum Gasteiger partial charge on any atom is 0.410 e. The number of benzene rings is 2. The molecule has 0 saturated carbocycles. The molecule has 0 bridgehead atoms. The van der Waals surface area contributed by atoms with Crippen molar-refractivity contribution in [1.29, 1.82) is 0 Å². The number of aliphatic hydroxyl groups excluding tert-OH is 1. The number of hydrogen-bond acceptors (Lipinski definition) is 10. The second-order valence-electron chi connectivity index (χ2n) is 15.3. The first-order valence-electron chi connectivity index (χ1n) is 19.0. The van der Waals surface area contributed by atoms with Crippen molar-refractivity contribution in [3.8, 4) is 39.4 Å². The largest absolute Gasteiger partial charge is 0.481 e. The lowest BCUT2D eigenvalue weighted by Gasteiger charge is -2.28. The van der Waals surface area contributed by atoms with Crippen LogP contribution in [0.1, 0.15) is 57.4 Å². The Bertz CT molecular complexity index is 2470. The van der Waals surface area contributed by atoms with Crippen LogP contribution in [0.2, 0.25) is 10.0 Å². The van der Waals surface area contributed by atoms with Crippen LogP contribution in [-0.2, 0) is 27.4 Å². The van der Waals surface area contributed by atoms with Gasteiger partial charge in [-0.1, -0.05) is 59.6 Å². The Kier molecular flexibility index (Phi) is 13.1. The number of fused-ring (bicyclic) bond motifs is 1. The van der Waals surface area contributed by atoms with Gasteiger partial charge in [0.1, 0.15) is 17.9 Å². The summed E-state index contributed by atoms with van der Waals surface area (Å²) in [4.78, 5) is 61.2. The Morgan fingerprint density at radius 1 is 1.02 bits per heavy atom. The van der Waals surface area contributed by atoms with Gasteiger partial charge in [-0.25, -0.2) is 19.6 Å². The number of alkyl carbamates (subject to hydrolysis) is 1. The van der Waals surface area contributed by atoms with Gasteiger partial charge in [0, 0.05) is 53.0 Å². The molecule has 6 rings (SSSR count). The second kappa shape index (κ2) is 18.1. The summed E-state index contributed by atoms with van der Waals surface area (Å²) in [6.07, 6.45) is 0.617. The van der Waals surface area contributed by atoms with Crippen LogP contribution in [0.5, 0.6) is 5.88 Å². The van der Waals surface area contributed by atoms with Crippen LogP contribution in [-0.4, -0.2) is 80.4 Å². The second-order valence-corrected chi connectivity index (χ2v) is 16.1. The number of hydrogen-bond donors (Lipinski definition) is 3. The number of methoxy groups -OCH3 is 1. The summed E-state index contributed by atoms with van der Waals surface area (Å²) in [5, 5.41) is 16.4. The first-order valence-corrected chi connectivity index (χ1v) is 19.8. The van der Waals surface area contributed by atoms with E-state index in [1.165, 1.54) is 16.4 Å². The normalized spacial score (nSPS) is 14.5. The van der Waals surface area contributed by atoms with Crippen molar-refractivity contribution < 1.29 is 33.7 Å². The molecule has 0 radical (unpaired) electrons. The third-order valence-corrected chi connectivity index (χ3v) is 10.4. The molecule has 5 aromatic rings. The maximum atomic E-state index is 13.5. The van der Waals surface area contributed by atoms with E-state index in [4.69, 9.17) is 42.4 Å². The summed E-state index contributed by atoms with van der Waals surface area (Å²) in [7, 11) is 1.47. The van der Waals surface area contributed by atoms with E-state index in [0.717, 1.165) is 0 Å². The van der Waals surface area contributed by atoms with Crippen molar-refractivity contribution in [2.75, 3.05) is 20.2 Å². The van der Waals surface area contributed by atoms with E-state index < -0.39 is 23.9 Å². The van der Waals surface area contributed by atoms with Gasteiger partial charge in [0.2, 0.25) is 11.8 Å². The third-order valence-electron chi connectivity index (χ3n) is 9.58. The van der Waals surface area contributed by atoms with Crippen LogP contribution in [0.3, 0.4) is 0 Å². The average Bonchev–Trinajstić information content (AvgIpc) is 3.61. The number of carbonyl (C=O) groups excluding carboxylic acids is 3. The van der Waals surface area contributed by atoms with E-state index >= 15 is 0 Å². The molecule has 2 atom stereocenters. The van der Waals surface area contributed by atoms with Gasteiger partial charge in [-0.05, 0) is 70.9 Å². The number of nitrogens with one attached hydrogen (secondary N) is 2. The number of halogens is 2. The minimum Gasteiger partial charge on any atom is -0.481 e. The fraction of sp³-hybridized carbons (Fsp3) is 0.349. The molecule has 1 aliphatic heterocycles. The number of aromatic nitrogens is 3. The van der Waals surface area contributed by atoms with E-state index in [2.05, 4.69) is 15.6 Å². The number of amides is 3. The molecule has 0 aliphatic carbocycles. The van der Waals surface area contributed by atoms with Crippen LogP contribution >= 0.6 is 23.2 Å². The van der Waals surface area contributed by atoms with Gasteiger partial charge in [0.05, 0.1) is 53.3 Å². The molecule has 1 saturated heterocycles. The van der Waals surface area contributed by atoms with Gasteiger partial charge in [0.25, 0.3) is 5.56 Å². The van der Waals surface area contributed by atoms with E-state index in [1.807, 2.05) is 36.4 Å². The number of pyridine rings is 2. The Morgan fingerprint density at radius 2 is 1.69 bits per heavy atom. The number of carbonyl (C=O) groups is 3. The minimum atomic E-state index is -0.842. The Labute approximate surface area is 351 Å². The molecule has 59 heavy (non-hydrogen) atoms. The first-order chi connectivity index (χ1) is 28.0. The standard InChI is InChI=1S/C43H46Cl2N6O8/c1-24(52)21-50(42(56)59-43(3,4)5)22-34-25(2)40(54)51-18-17-26(19-35(51)48-34)29-9-7-10-30(37(29)44)31-11-8-12-32(38(31)45)33-15-13-27(39(49-33)57-6)23-58-41(55)46-20-28-14-16-36(53)47-28/h7-13,15,17-19,24,28,52H,14,16,20-23H2,1-6H3,(H,46,55)(H,47,53)/t24?,28-/m0/s1. The summed E-state index contributed by atoms with van der Waals surface area (Å²) in [5.74, 6) is 0.216. The predicted molar refractivity (Wildman–Crippen MR) is 225 cm³/mol. The lowest BCUT2D eigenvalue weighted by molar-refractivity contribution is -0.119. The zero-order valence-corrected chi connectivity index (χ0v) is 35.1. The van der Waals surface area contributed by atoms with Crippen molar-refractivity contribution in [3.63, 3.8) is 0 Å². The van der Waals surface area contributed by atoms with Crippen LogP contribution in [0.15, 0.2) is 71.7 Å². The van der Waals surface area contributed by atoms with Crippen LogP contribution in [0.4, 0.5) is 9.59 Å². The zero-order chi connectivity index (χ0) is 42.6. The third kappa shape index (κ3) is 10.1. The molecule has 2 aromatic carbocycles. The maximum absolute atomic E-state index is 13.5. The van der Waals surface area contributed by atoms with E-state index in [-0.39, 0.29) is 49.6 Å². The highest BCUT2D eigenvalue weighted by Crippen LogP contribution is 2.42. The predicted octanol–water partition coefficient (Wildman–Crippen LogP) is 7.34. The number of ether oxygens (including phenoxy) is 3. The smallest absolute Gasteiger partial charge is 0.410 e. The van der Waals surface area contributed by atoms with Gasteiger partial charge in [-0.15, -0.1) is 0 Å². The molecule has 1 fully saturated rings. The summed E-state index contributed by atoms with van der Waals surface area (Å²) in [5.41, 5.74) is 4.30. The van der Waals surface area contributed by atoms with E-state index in [9.17, 15) is 24.3 Å². The van der Waals surface area contributed by atoms with E-state index in [0.29, 0.717) is 78.9 Å². The highest BCUT2D eigenvalue weighted by atomic mass is 35.5. The molecular formula is C43H46Cl2N6O8. The molecule has 0 spiro atoms. The molecule has 310 valence electrons. The van der Waals surface area contributed by atoms with Crippen LogP contribution in [0, 0.1) is 6.92 Å². The molecule has 4 heterocycles.